The van der Waals surface area contributed by atoms with Crippen LogP contribution in [0.4, 0.5) is 13.2 Å². The number of rotatable bonds is 7. The number of halogens is 3. The third kappa shape index (κ3) is 5.75. The third-order valence-corrected chi connectivity index (χ3v) is 6.59. The molecule has 3 aromatic rings. The van der Waals surface area contributed by atoms with Crippen molar-refractivity contribution in [3.8, 4) is 0 Å². The highest BCUT2D eigenvalue weighted by molar-refractivity contribution is 5.94. The Labute approximate surface area is 206 Å². The maximum Gasteiger partial charge on any atom is 0.416 e. The molecule has 0 bridgehead atoms. The lowest BCUT2D eigenvalue weighted by atomic mass is 9.86. The van der Waals surface area contributed by atoms with Gasteiger partial charge in [0.05, 0.1) is 29.4 Å². The van der Waals surface area contributed by atoms with Crippen LogP contribution < -0.4 is 5.32 Å². The number of aromatic nitrogens is 3. The molecule has 1 unspecified atom stereocenters. The maximum absolute atomic E-state index is 13.5. The molecule has 0 aliphatic heterocycles. The Morgan fingerprint density at radius 3 is 2.28 bits per heavy atom. The van der Waals surface area contributed by atoms with Crippen molar-refractivity contribution in [1.82, 2.24) is 20.3 Å². The average Bonchev–Trinajstić information content (AvgIpc) is 3.28. The lowest BCUT2D eigenvalue weighted by Gasteiger charge is -2.21. The molecule has 2 N–H and O–H groups in total. The van der Waals surface area contributed by atoms with Crippen LogP contribution in [-0.2, 0) is 12.7 Å². The second-order valence-corrected chi connectivity index (χ2v) is 9.13. The van der Waals surface area contributed by atoms with Crippen molar-refractivity contribution in [3.05, 3.63) is 82.2 Å². The van der Waals surface area contributed by atoms with Gasteiger partial charge in [0.15, 0.2) is 0 Å². The van der Waals surface area contributed by atoms with Crippen molar-refractivity contribution < 1.29 is 27.9 Å². The Balaban J connectivity index is 1.59. The SMILES string of the molecule is CC(NC(=O)c1c(C2CCCCC2)nnn1Cc1ccc(C(F)(F)F)cc1)c1ccc(C(=O)O)cc1. The molecule has 1 saturated carbocycles. The van der Waals surface area contributed by atoms with Crippen LogP contribution >= 0.6 is 0 Å². The lowest BCUT2D eigenvalue weighted by Crippen LogP contribution is -2.30. The first-order valence-electron chi connectivity index (χ1n) is 11.9. The molecule has 1 heterocycles. The number of benzene rings is 2. The van der Waals surface area contributed by atoms with Crippen LogP contribution in [0.2, 0.25) is 0 Å². The van der Waals surface area contributed by atoms with Crippen molar-refractivity contribution in [1.29, 1.82) is 0 Å². The molecule has 0 spiro atoms. The van der Waals surface area contributed by atoms with Crippen LogP contribution in [-0.4, -0.2) is 32.0 Å². The topological polar surface area (TPSA) is 97.1 Å². The Hall–Kier alpha value is -3.69. The van der Waals surface area contributed by atoms with E-state index in [1.54, 1.807) is 19.1 Å². The highest BCUT2D eigenvalue weighted by Crippen LogP contribution is 2.34. The van der Waals surface area contributed by atoms with Crippen molar-refractivity contribution >= 4 is 11.9 Å². The molecule has 36 heavy (non-hydrogen) atoms. The number of nitrogens with zero attached hydrogens (tertiary/aromatic N) is 3. The molecule has 0 radical (unpaired) electrons. The molecule has 1 aromatic heterocycles. The predicted molar refractivity (Wildman–Crippen MR) is 126 cm³/mol. The molecule has 4 rings (SSSR count). The zero-order chi connectivity index (χ0) is 25.9. The second-order valence-electron chi connectivity index (χ2n) is 9.13. The van der Waals surface area contributed by atoms with E-state index in [0.717, 1.165) is 49.8 Å². The van der Waals surface area contributed by atoms with E-state index in [2.05, 4.69) is 15.6 Å². The highest BCUT2D eigenvalue weighted by atomic mass is 19.4. The fourth-order valence-corrected chi connectivity index (χ4v) is 4.56. The normalized spacial score (nSPS) is 15.4. The lowest BCUT2D eigenvalue weighted by molar-refractivity contribution is -0.137. The number of carbonyl (C=O) groups excluding carboxylic acids is 1. The quantitative estimate of drug-likeness (QED) is 0.441. The number of hydrogen-bond acceptors (Lipinski definition) is 4. The molecular weight excluding hydrogens is 473 g/mol. The average molecular weight is 501 g/mol. The van der Waals surface area contributed by atoms with Gasteiger partial charge in [0.1, 0.15) is 5.69 Å². The fourth-order valence-electron chi connectivity index (χ4n) is 4.56. The Bertz CT molecular complexity index is 1210. The number of amides is 1. The summed E-state index contributed by atoms with van der Waals surface area (Å²) in [7, 11) is 0. The fraction of sp³-hybridized carbons (Fsp3) is 0.385. The smallest absolute Gasteiger partial charge is 0.416 e. The van der Waals surface area contributed by atoms with E-state index in [9.17, 15) is 22.8 Å². The predicted octanol–water partition coefficient (Wildman–Crippen LogP) is 5.58. The van der Waals surface area contributed by atoms with Gasteiger partial charge in [0.25, 0.3) is 5.91 Å². The van der Waals surface area contributed by atoms with Crippen LogP contribution in [0.5, 0.6) is 0 Å². The Morgan fingerprint density at radius 1 is 1.06 bits per heavy atom. The largest absolute Gasteiger partial charge is 0.478 e. The van der Waals surface area contributed by atoms with Gasteiger partial charge < -0.3 is 10.4 Å². The molecule has 7 nitrogen and oxygen atoms in total. The monoisotopic (exact) mass is 500 g/mol. The summed E-state index contributed by atoms with van der Waals surface area (Å²) in [6, 6.07) is 10.6. The minimum atomic E-state index is -4.43. The highest BCUT2D eigenvalue weighted by Gasteiger charge is 2.31. The summed E-state index contributed by atoms with van der Waals surface area (Å²) >= 11 is 0. The van der Waals surface area contributed by atoms with E-state index in [0.29, 0.717) is 17.0 Å². The Morgan fingerprint density at radius 2 is 1.69 bits per heavy atom. The van der Waals surface area contributed by atoms with Gasteiger partial charge in [-0.25, -0.2) is 9.48 Å². The van der Waals surface area contributed by atoms with Gasteiger partial charge >= 0.3 is 12.1 Å². The van der Waals surface area contributed by atoms with Crippen LogP contribution in [0, 0.1) is 0 Å². The van der Waals surface area contributed by atoms with E-state index in [1.807, 2.05) is 0 Å². The number of alkyl halides is 3. The minimum Gasteiger partial charge on any atom is -0.478 e. The van der Waals surface area contributed by atoms with Crippen molar-refractivity contribution in [2.75, 3.05) is 0 Å². The standard InChI is InChI=1S/C26H27F3N4O3/c1-16(18-9-11-20(12-10-18)25(35)36)30-24(34)23-22(19-5-3-2-4-6-19)31-32-33(23)15-17-7-13-21(14-8-17)26(27,28)29/h7-14,16,19H,2-6,15H2,1H3,(H,30,34)(H,35,36). The van der Waals surface area contributed by atoms with Gasteiger partial charge in [-0.05, 0) is 55.2 Å². The van der Waals surface area contributed by atoms with Gasteiger partial charge in [0, 0.05) is 5.92 Å². The number of carboxylic acid groups (broad SMARTS) is 1. The Kier molecular flexibility index (Phi) is 7.42. The summed E-state index contributed by atoms with van der Waals surface area (Å²) < 4.78 is 40.3. The molecule has 1 atom stereocenters. The van der Waals surface area contributed by atoms with Gasteiger partial charge in [-0.1, -0.05) is 48.7 Å². The summed E-state index contributed by atoms with van der Waals surface area (Å²) in [5.74, 6) is -1.33. The molecule has 190 valence electrons. The third-order valence-electron chi connectivity index (χ3n) is 6.59. The number of aromatic carboxylic acids is 1. The second kappa shape index (κ2) is 10.5. The molecule has 2 aromatic carbocycles. The zero-order valence-electron chi connectivity index (χ0n) is 19.8. The molecule has 0 saturated heterocycles. The van der Waals surface area contributed by atoms with Crippen molar-refractivity contribution in [2.24, 2.45) is 0 Å². The molecule has 1 aliphatic rings. The van der Waals surface area contributed by atoms with Crippen LogP contribution in [0.25, 0.3) is 0 Å². The van der Waals surface area contributed by atoms with Crippen molar-refractivity contribution in [2.45, 2.75) is 63.7 Å². The van der Waals surface area contributed by atoms with Crippen molar-refractivity contribution in [3.63, 3.8) is 0 Å². The molecular formula is C26H27F3N4O3. The van der Waals surface area contributed by atoms with Crippen LogP contribution in [0.3, 0.4) is 0 Å². The number of carboxylic acids is 1. The number of carbonyl (C=O) groups is 2. The van der Waals surface area contributed by atoms with Gasteiger partial charge in [0.2, 0.25) is 0 Å². The molecule has 1 amide bonds. The van der Waals surface area contributed by atoms with Gasteiger partial charge in [-0.3, -0.25) is 4.79 Å². The van der Waals surface area contributed by atoms with Gasteiger partial charge in [-0.15, -0.1) is 5.10 Å². The molecule has 10 heteroatoms. The van der Waals surface area contributed by atoms with E-state index < -0.39 is 23.8 Å². The first kappa shape index (κ1) is 25.4. The minimum absolute atomic E-state index is 0.0889. The number of nitrogens with one attached hydrogen (secondary N) is 1. The summed E-state index contributed by atoms with van der Waals surface area (Å²) in [6.45, 7) is 1.89. The van der Waals surface area contributed by atoms with E-state index in [4.69, 9.17) is 5.11 Å². The van der Waals surface area contributed by atoms with Crippen LogP contribution in [0.1, 0.15) is 94.2 Å². The first-order valence-corrected chi connectivity index (χ1v) is 11.9. The summed E-state index contributed by atoms with van der Waals surface area (Å²) in [5, 5.41) is 20.6. The zero-order valence-corrected chi connectivity index (χ0v) is 19.8. The molecule has 1 aliphatic carbocycles. The van der Waals surface area contributed by atoms with Gasteiger partial charge in [-0.2, -0.15) is 13.2 Å². The van der Waals surface area contributed by atoms with E-state index in [-0.39, 0.29) is 23.9 Å². The first-order chi connectivity index (χ1) is 17.1. The molecule has 1 fully saturated rings. The van der Waals surface area contributed by atoms with Crippen LogP contribution in [0.15, 0.2) is 48.5 Å². The summed E-state index contributed by atoms with van der Waals surface area (Å²) in [6.07, 6.45) is 0.551. The summed E-state index contributed by atoms with van der Waals surface area (Å²) in [4.78, 5) is 24.6. The maximum atomic E-state index is 13.5. The summed E-state index contributed by atoms with van der Waals surface area (Å²) in [5.41, 5.74) is 1.61. The van der Waals surface area contributed by atoms with E-state index in [1.165, 1.54) is 28.9 Å². The van der Waals surface area contributed by atoms with E-state index >= 15 is 0 Å². The number of hydrogen-bond donors (Lipinski definition) is 2.